The van der Waals surface area contributed by atoms with E-state index in [4.69, 9.17) is 10.5 Å². The van der Waals surface area contributed by atoms with Crippen molar-refractivity contribution in [1.29, 1.82) is 0 Å². The zero-order valence-corrected chi connectivity index (χ0v) is 12.3. The Morgan fingerprint density at radius 2 is 2.19 bits per heavy atom. The van der Waals surface area contributed by atoms with E-state index in [0.29, 0.717) is 23.6 Å². The molecule has 2 N–H and O–H groups in total. The van der Waals surface area contributed by atoms with Crippen molar-refractivity contribution in [3.05, 3.63) is 47.4 Å². The number of esters is 1. The second-order valence-electron chi connectivity index (χ2n) is 4.76. The van der Waals surface area contributed by atoms with E-state index < -0.39 is 5.97 Å². The first-order chi connectivity index (χ1) is 10.0. The predicted octanol–water partition coefficient (Wildman–Crippen LogP) is 1.79. The van der Waals surface area contributed by atoms with Crippen LogP contribution in [0.25, 0.3) is 0 Å². The minimum absolute atomic E-state index is 0.340. The maximum Gasteiger partial charge on any atom is 0.341 e. The second kappa shape index (κ2) is 6.21. The predicted molar refractivity (Wildman–Crippen MR) is 81.1 cm³/mol. The van der Waals surface area contributed by atoms with Gasteiger partial charge in [-0.25, -0.2) is 9.78 Å². The van der Waals surface area contributed by atoms with E-state index in [0.717, 1.165) is 11.4 Å². The van der Waals surface area contributed by atoms with E-state index in [9.17, 15) is 4.79 Å². The quantitative estimate of drug-likeness (QED) is 0.863. The number of carbonyl (C=O) groups excluding carboxylic acids is 1. The molecule has 0 aliphatic carbocycles. The zero-order chi connectivity index (χ0) is 15.4. The molecule has 0 aliphatic rings. The summed E-state index contributed by atoms with van der Waals surface area (Å²) in [6.45, 7) is 2.47. The van der Waals surface area contributed by atoms with Gasteiger partial charge < -0.3 is 15.4 Å². The number of pyridine rings is 2. The van der Waals surface area contributed by atoms with Crippen LogP contribution < -0.4 is 10.6 Å². The van der Waals surface area contributed by atoms with Gasteiger partial charge in [0.25, 0.3) is 0 Å². The highest BCUT2D eigenvalue weighted by Crippen LogP contribution is 2.21. The molecule has 21 heavy (non-hydrogen) atoms. The van der Waals surface area contributed by atoms with Gasteiger partial charge in [-0.3, -0.25) is 4.98 Å². The molecule has 0 aromatic carbocycles. The number of anilines is 2. The van der Waals surface area contributed by atoms with Gasteiger partial charge in [0.15, 0.2) is 0 Å². The van der Waals surface area contributed by atoms with Crippen molar-refractivity contribution in [3.63, 3.8) is 0 Å². The number of hydrogen-bond acceptors (Lipinski definition) is 6. The average molecular weight is 286 g/mol. The van der Waals surface area contributed by atoms with E-state index in [1.54, 1.807) is 6.07 Å². The largest absolute Gasteiger partial charge is 0.465 e. The molecule has 2 aromatic rings. The topological polar surface area (TPSA) is 81.3 Å². The highest BCUT2D eigenvalue weighted by molar-refractivity contribution is 5.95. The number of hydrogen-bond donors (Lipinski definition) is 1. The molecule has 2 aromatic heterocycles. The molecule has 0 aliphatic heterocycles. The molecule has 0 saturated carbocycles. The van der Waals surface area contributed by atoms with Crippen LogP contribution in [0.4, 0.5) is 11.5 Å². The van der Waals surface area contributed by atoms with E-state index in [1.807, 2.05) is 37.1 Å². The fourth-order valence-corrected chi connectivity index (χ4v) is 2.04. The van der Waals surface area contributed by atoms with Gasteiger partial charge in [-0.1, -0.05) is 6.07 Å². The number of nitrogens with zero attached hydrogens (tertiary/aromatic N) is 3. The number of aryl methyl sites for hydroxylation is 1. The highest BCUT2D eigenvalue weighted by Gasteiger charge is 2.17. The fourth-order valence-electron chi connectivity index (χ4n) is 2.04. The molecule has 2 rings (SSSR count). The van der Waals surface area contributed by atoms with Gasteiger partial charge in [-0.05, 0) is 25.1 Å². The van der Waals surface area contributed by atoms with Crippen LogP contribution in [0.3, 0.4) is 0 Å². The summed E-state index contributed by atoms with van der Waals surface area (Å²) in [7, 11) is 3.17. The summed E-state index contributed by atoms with van der Waals surface area (Å²) in [5.41, 5.74) is 8.29. The minimum Gasteiger partial charge on any atom is -0.465 e. The molecule has 0 bridgehead atoms. The Kier molecular flexibility index (Phi) is 4.37. The SMILES string of the molecule is COC(=O)c1cc(N)cnc1N(C)Cc1cccc(C)n1. The van der Waals surface area contributed by atoms with Crippen LogP contribution in [0.5, 0.6) is 0 Å². The van der Waals surface area contributed by atoms with Crippen molar-refractivity contribution in [2.75, 3.05) is 24.8 Å². The fraction of sp³-hybridized carbons (Fsp3) is 0.267. The molecule has 6 nitrogen and oxygen atoms in total. The monoisotopic (exact) mass is 286 g/mol. The van der Waals surface area contributed by atoms with E-state index in [-0.39, 0.29) is 0 Å². The minimum atomic E-state index is -0.464. The van der Waals surface area contributed by atoms with Crippen molar-refractivity contribution in [1.82, 2.24) is 9.97 Å². The van der Waals surface area contributed by atoms with Crippen molar-refractivity contribution in [2.45, 2.75) is 13.5 Å². The summed E-state index contributed by atoms with van der Waals surface area (Å²) in [6.07, 6.45) is 1.52. The van der Waals surface area contributed by atoms with E-state index in [2.05, 4.69) is 9.97 Å². The number of ether oxygens (including phenoxy) is 1. The van der Waals surface area contributed by atoms with Gasteiger partial charge in [0.05, 0.1) is 31.2 Å². The molecule has 0 spiro atoms. The summed E-state index contributed by atoms with van der Waals surface area (Å²) in [6, 6.07) is 7.38. The van der Waals surface area contributed by atoms with Crippen molar-refractivity contribution >= 4 is 17.5 Å². The summed E-state index contributed by atoms with van der Waals surface area (Å²) in [5.74, 6) is 0.0493. The molecule has 0 amide bonds. The smallest absolute Gasteiger partial charge is 0.341 e. The van der Waals surface area contributed by atoms with Crippen molar-refractivity contribution in [2.24, 2.45) is 0 Å². The third-order valence-electron chi connectivity index (χ3n) is 3.00. The lowest BCUT2D eigenvalue weighted by Crippen LogP contribution is -2.22. The Balaban J connectivity index is 2.30. The number of methoxy groups -OCH3 is 1. The number of aromatic nitrogens is 2. The first-order valence-corrected chi connectivity index (χ1v) is 6.48. The Morgan fingerprint density at radius 1 is 1.43 bits per heavy atom. The molecule has 0 unspecified atom stereocenters. The third-order valence-corrected chi connectivity index (χ3v) is 3.00. The van der Waals surface area contributed by atoms with Gasteiger partial charge in [0.2, 0.25) is 0 Å². The maximum absolute atomic E-state index is 11.8. The van der Waals surface area contributed by atoms with E-state index in [1.165, 1.54) is 13.3 Å². The molecule has 0 saturated heterocycles. The Labute approximate surface area is 123 Å². The molecule has 2 heterocycles. The maximum atomic E-state index is 11.8. The molecule has 0 fully saturated rings. The normalized spacial score (nSPS) is 10.2. The van der Waals surface area contributed by atoms with Crippen LogP contribution in [0, 0.1) is 6.92 Å². The highest BCUT2D eigenvalue weighted by atomic mass is 16.5. The van der Waals surface area contributed by atoms with Crippen LogP contribution in [0.15, 0.2) is 30.5 Å². The number of nitrogen functional groups attached to an aromatic ring is 1. The first kappa shape index (κ1) is 14.8. The lowest BCUT2D eigenvalue weighted by Gasteiger charge is -2.20. The third kappa shape index (κ3) is 3.47. The number of carbonyl (C=O) groups is 1. The Morgan fingerprint density at radius 3 is 2.86 bits per heavy atom. The Bertz CT molecular complexity index is 658. The molecule has 0 atom stereocenters. The van der Waals surface area contributed by atoms with Gasteiger partial charge in [-0.15, -0.1) is 0 Å². The second-order valence-corrected chi connectivity index (χ2v) is 4.76. The number of rotatable bonds is 4. The van der Waals surface area contributed by atoms with Crippen LogP contribution in [-0.4, -0.2) is 30.1 Å². The van der Waals surface area contributed by atoms with Crippen LogP contribution >= 0.6 is 0 Å². The summed E-state index contributed by atoms with van der Waals surface area (Å²) in [5, 5.41) is 0. The summed E-state index contributed by atoms with van der Waals surface area (Å²) < 4.78 is 4.77. The molecule has 6 heteroatoms. The lowest BCUT2D eigenvalue weighted by molar-refractivity contribution is 0.0601. The lowest BCUT2D eigenvalue weighted by atomic mass is 10.2. The van der Waals surface area contributed by atoms with Crippen molar-refractivity contribution in [3.8, 4) is 0 Å². The van der Waals surface area contributed by atoms with E-state index >= 15 is 0 Å². The van der Waals surface area contributed by atoms with Gasteiger partial charge in [0.1, 0.15) is 11.4 Å². The van der Waals surface area contributed by atoms with Crippen LogP contribution in [-0.2, 0) is 11.3 Å². The summed E-state index contributed by atoms with van der Waals surface area (Å²) >= 11 is 0. The van der Waals surface area contributed by atoms with Crippen LogP contribution in [0.1, 0.15) is 21.7 Å². The zero-order valence-electron chi connectivity index (χ0n) is 12.3. The van der Waals surface area contributed by atoms with Gasteiger partial charge >= 0.3 is 5.97 Å². The molecule has 110 valence electrons. The summed E-state index contributed by atoms with van der Waals surface area (Å²) in [4.78, 5) is 22.4. The van der Waals surface area contributed by atoms with Gasteiger partial charge in [-0.2, -0.15) is 0 Å². The van der Waals surface area contributed by atoms with Crippen molar-refractivity contribution < 1.29 is 9.53 Å². The standard InChI is InChI=1S/C15H18N4O2/c1-10-5-4-6-12(18-10)9-19(2)14-13(15(20)21-3)7-11(16)8-17-14/h4-8H,9,16H2,1-3H3. The molecular weight excluding hydrogens is 268 g/mol. The van der Waals surface area contributed by atoms with Gasteiger partial charge in [0, 0.05) is 12.7 Å². The average Bonchev–Trinajstić information content (AvgIpc) is 2.46. The Hall–Kier alpha value is -2.63. The first-order valence-electron chi connectivity index (χ1n) is 6.48. The number of nitrogens with two attached hydrogens (primary N) is 1. The molecule has 0 radical (unpaired) electrons. The molecular formula is C15H18N4O2. The van der Waals surface area contributed by atoms with Crippen LogP contribution in [0.2, 0.25) is 0 Å².